The third-order valence-corrected chi connectivity index (χ3v) is 2.96. The Hall–Kier alpha value is -0.600. The van der Waals surface area contributed by atoms with E-state index in [0.717, 1.165) is 18.4 Å². The Labute approximate surface area is 102 Å². The summed E-state index contributed by atoms with van der Waals surface area (Å²) >= 11 is 5.94. The number of benzene rings is 1. The van der Waals surface area contributed by atoms with Crippen LogP contribution in [0.1, 0.15) is 32.3 Å². The molecule has 2 N–H and O–H groups in total. The van der Waals surface area contributed by atoms with Crippen molar-refractivity contribution in [3.8, 4) is 0 Å². The molecule has 1 aromatic carbocycles. The van der Waals surface area contributed by atoms with Crippen LogP contribution in [0.2, 0.25) is 5.02 Å². The lowest BCUT2D eigenvalue weighted by molar-refractivity contribution is 0.494. The van der Waals surface area contributed by atoms with Crippen LogP contribution in [0.15, 0.2) is 18.2 Å². The number of hydrogen-bond acceptors (Lipinski definition) is 1. The van der Waals surface area contributed by atoms with E-state index in [1.54, 1.807) is 6.07 Å². The predicted molar refractivity (Wildman–Crippen MR) is 67.2 cm³/mol. The van der Waals surface area contributed by atoms with Crippen LogP contribution in [0, 0.1) is 11.7 Å². The second-order valence-electron chi connectivity index (χ2n) is 4.67. The molecule has 0 saturated heterocycles. The van der Waals surface area contributed by atoms with Gasteiger partial charge in [0.05, 0.1) is 0 Å². The maximum absolute atomic E-state index is 12.8. The van der Waals surface area contributed by atoms with Crippen LogP contribution in [0.3, 0.4) is 0 Å². The molecule has 0 spiro atoms. The summed E-state index contributed by atoms with van der Waals surface area (Å²) < 4.78 is 12.8. The van der Waals surface area contributed by atoms with Crippen LogP contribution in [0.4, 0.5) is 4.39 Å². The zero-order chi connectivity index (χ0) is 12.1. The second kappa shape index (κ2) is 6.21. The summed E-state index contributed by atoms with van der Waals surface area (Å²) in [5, 5.41) is 0.472. The first kappa shape index (κ1) is 13.5. The zero-order valence-corrected chi connectivity index (χ0v) is 10.6. The fourth-order valence-corrected chi connectivity index (χ4v) is 1.86. The lowest BCUT2D eigenvalue weighted by Gasteiger charge is -2.14. The first-order chi connectivity index (χ1) is 7.49. The Kier molecular flexibility index (Phi) is 5.23. The van der Waals surface area contributed by atoms with E-state index in [4.69, 9.17) is 17.3 Å². The summed E-state index contributed by atoms with van der Waals surface area (Å²) in [6.45, 7) is 4.36. The minimum atomic E-state index is -0.301. The van der Waals surface area contributed by atoms with E-state index in [1.165, 1.54) is 12.1 Å². The van der Waals surface area contributed by atoms with Crippen LogP contribution in [0.25, 0.3) is 0 Å². The third kappa shape index (κ3) is 4.50. The number of halogens is 2. The number of nitrogens with two attached hydrogens (primary N) is 1. The Morgan fingerprint density at radius 1 is 1.31 bits per heavy atom. The summed E-state index contributed by atoms with van der Waals surface area (Å²) in [5.74, 6) is 0.360. The molecule has 0 fully saturated rings. The fraction of sp³-hybridized carbons (Fsp3) is 0.538. The molecule has 1 unspecified atom stereocenters. The fourth-order valence-electron chi connectivity index (χ4n) is 1.62. The maximum Gasteiger partial charge on any atom is 0.124 e. The van der Waals surface area contributed by atoms with E-state index in [-0.39, 0.29) is 11.9 Å². The SMILES string of the molecule is CC(C)CCC(N)Cc1ccc(F)cc1Cl. The average Bonchev–Trinajstić information content (AvgIpc) is 2.19. The van der Waals surface area contributed by atoms with Crippen molar-refractivity contribution in [2.45, 2.75) is 39.2 Å². The van der Waals surface area contributed by atoms with Gasteiger partial charge in [0.25, 0.3) is 0 Å². The van der Waals surface area contributed by atoms with Gasteiger partial charge in [0.1, 0.15) is 5.82 Å². The van der Waals surface area contributed by atoms with Crippen molar-refractivity contribution >= 4 is 11.6 Å². The van der Waals surface area contributed by atoms with Crippen molar-refractivity contribution in [3.63, 3.8) is 0 Å². The largest absolute Gasteiger partial charge is 0.327 e. The van der Waals surface area contributed by atoms with Gasteiger partial charge in [0.15, 0.2) is 0 Å². The third-order valence-electron chi connectivity index (χ3n) is 2.61. The molecule has 3 heteroatoms. The van der Waals surface area contributed by atoms with E-state index in [0.29, 0.717) is 17.4 Å². The molecule has 0 aliphatic carbocycles. The molecule has 1 aromatic rings. The Balaban J connectivity index is 2.52. The van der Waals surface area contributed by atoms with Crippen LogP contribution < -0.4 is 5.73 Å². The molecule has 0 aliphatic heterocycles. The van der Waals surface area contributed by atoms with E-state index in [2.05, 4.69) is 13.8 Å². The van der Waals surface area contributed by atoms with Gasteiger partial charge in [-0.05, 0) is 42.9 Å². The molecule has 0 bridgehead atoms. The van der Waals surface area contributed by atoms with E-state index < -0.39 is 0 Å². The average molecular weight is 244 g/mol. The summed E-state index contributed by atoms with van der Waals surface area (Å²) in [5.41, 5.74) is 6.94. The highest BCUT2D eigenvalue weighted by molar-refractivity contribution is 6.31. The van der Waals surface area contributed by atoms with Gasteiger partial charge in [0.2, 0.25) is 0 Å². The Morgan fingerprint density at radius 2 is 2.00 bits per heavy atom. The normalized spacial score (nSPS) is 13.1. The molecule has 16 heavy (non-hydrogen) atoms. The molecule has 0 saturated carbocycles. The molecule has 0 aliphatic rings. The summed E-state index contributed by atoms with van der Waals surface area (Å²) in [6.07, 6.45) is 2.80. The molecule has 1 atom stereocenters. The van der Waals surface area contributed by atoms with Gasteiger partial charge < -0.3 is 5.73 Å². The monoisotopic (exact) mass is 243 g/mol. The number of hydrogen-bond donors (Lipinski definition) is 1. The molecule has 90 valence electrons. The summed E-state index contributed by atoms with van der Waals surface area (Å²) in [7, 11) is 0. The van der Waals surface area contributed by atoms with Gasteiger partial charge in [-0.2, -0.15) is 0 Å². The van der Waals surface area contributed by atoms with E-state index in [1.807, 2.05) is 0 Å². The van der Waals surface area contributed by atoms with Crippen LogP contribution in [0.5, 0.6) is 0 Å². The highest BCUT2D eigenvalue weighted by Gasteiger charge is 2.08. The molecule has 0 radical (unpaired) electrons. The first-order valence-electron chi connectivity index (χ1n) is 5.68. The lowest BCUT2D eigenvalue weighted by Crippen LogP contribution is -2.23. The van der Waals surface area contributed by atoms with Crippen molar-refractivity contribution < 1.29 is 4.39 Å². The minimum absolute atomic E-state index is 0.102. The first-order valence-corrected chi connectivity index (χ1v) is 6.06. The van der Waals surface area contributed by atoms with E-state index >= 15 is 0 Å². The predicted octanol–water partition coefficient (Wildman–Crippen LogP) is 3.79. The molecule has 0 aromatic heterocycles. The van der Waals surface area contributed by atoms with Gasteiger partial charge >= 0.3 is 0 Å². The lowest BCUT2D eigenvalue weighted by atomic mass is 9.98. The van der Waals surface area contributed by atoms with Gasteiger partial charge in [-0.1, -0.05) is 31.5 Å². The van der Waals surface area contributed by atoms with Gasteiger partial charge in [-0.3, -0.25) is 0 Å². The molecule has 1 rings (SSSR count). The number of rotatable bonds is 5. The molecular formula is C13H19ClFN. The maximum atomic E-state index is 12.8. The van der Waals surface area contributed by atoms with Crippen molar-refractivity contribution in [1.29, 1.82) is 0 Å². The summed E-state index contributed by atoms with van der Waals surface area (Å²) in [4.78, 5) is 0. The molecule has 1 nitrogen and oxygen atoms in total. The minimum Gasteiger partial charge on any atom is -0.327 e. The molecule has 0 amide bonds. The zero-order valence-electron chi connectivity index (χ0n) is 9.84. The Bertz CT molecular complexity index is 339. The van der Waals surface area contributed by atoms with Crippen molar-refractivity contribution in [3.05, 3.63) is 34.6 Å². The van der Waals surface area contributed by atoms with E-state index in [9.17, 15) is 4.39 Å². The second-order valence-corrected chi connectivity index (χ2v) is 5.08. The molecule has 0 heterocycles. The highest BCUT2D eigenvalue weighted by Crippen LogP contribution is 2.19. The molecular weight excluding hydrogens is 225 g/mol. The van der Waals surface area contributed by atoms with Crippen LogP contribution in [-0.2, 0) is 6.42 Å². The summed E-state index contributed by atoms with van der Waals surface area (Å²) in [6, 6.07) is 4.58. The Morgan fingerprint density at radius 3 is 2.56 bits per heavy atom. The van der Waals surface area contributed by atoms with Crippen LogP contribution in [-0.4, -0.2) is 6.04 Å². The van der Waals surface area contributed by atoms with Gasteiger partial charge in [0, 0.05) is 11.1 Å². The standard InChI is InChI=1S/C13H19ClFN/c1-9(2)3-6-12(16)7-10-4-5-11(15)8-13(10)14/h4-5,8-9,12H,3,6-7,16H2,1-2H3. The quantitative estimate of drug-likeness (QED) is 0.837. The van der Waals surface area contributed by atoms with Crippen molar-refractivity contribution in [1.82, 2.24) is 0 Å². The topological polar surface area (TPSA) is 26.0 Å². The van der Waals surface area contributed by atoms with Crippen molar-refractivity contribution in [2.24, 2.45) is 11.7 Å². The highest BCUT2D eigenvalue weighted by atomic mass is 35.5. The van der Waals surface area contributed by atoms with Crippen LogP contribution >= 0.6 is 11.6 Å². The van der Waals surface area contributed by atoms with Gasteiger partial charge in [-0.15, -0.1) is 0 Å². The van der Waals surface area contributed by atoms with Crippen molar-refractivity contribution in [2.75, 3.05) is 0 Å². The smallest absolute Gasteiger partial charge is 0.124 e. The van der Waals surface area contributed by atoms with Gasteiger partial charge in [-0.25, -0.2) is 4.39 Å².